The minimum atomic E-state index is -3.64. The van der Waals surface area contributed by atoms with E-state index in [-0.39, 0.29) is 17.7 Å². The van der Waals surface area contributed by atoms with Crippen molar-refractivity contribution in [2.45, 2.75) is 37.4 Å². The summed E-state index contributed by atoms with van der Waals surface area (Å²) in [5, 5.41) is 9.03. The van der Waals surface area contributed by atoms with E-state index in [1.165, 1.54) is 16.6 Å². The first kappa shape index (κ1) is 16.4. The monoisotopic (exact) mass is 314 g/mol. The minimum absolute atomic E-state index is 0.0169. The van der Waals surface area contributed by atoms with E-state index in [9.17, 15) is 8.42 Å². The lowest BCUT2D eigenvalue weighted by molar-refractivity contribution is 0.164. The molecular weight excluding hydrogens is 292 g/mol. The molecule has 0 bridgehead atoms. The molecule has 7 heteroatoms. The van der Waals surface area contributed by atoms with E-state index >= 15 is 0 Å². The first-order valence-corrected chi connectivity index (χ1v) is 8.51. The van der Waals surface area contributed by atoms with Gasteiger partial charge in [0.2, 0.25) is 0 Å². The standard InChI is InChI=1S/C14H22N2O4S/c1-11(13-4-5-13)16(7-8-20-2)21(18,19)14-6-3-12(10-17)9-15-14/h3,6,9,11,13,17H,4-5,7-8,10H2,1-2H3. The smallest absolute Gasteiger partial charge is 0.260 e. The van der Waals surface area contributed by atoms with E-state index in [1.54, 1.807) is 13.2 Å². The lowest BCUT2D eigenvalue weighted by Gasteiger charge is -2.27. The Balaban J connectivity index is 2.26. The topological polar surface area (TPSA) is 79.7 Å². The molecule has 2 rings (SSSR count). The summed E-state index contributed by atoms with van der Waals surface area (Å²) in [6.45, 7) is 2.46. The second-order valence-electron chi connectivity index (χ2n) is 5.35. The number of methoxy groups -OCH3 is 1. The molecule has 0 saturated heterocycles. The molecule has 1 unspecified atom stereocenters. The van der Waals surface area contributed by atoms with Crippen LogP contribution in [0.3, 0.4) is 0 Å². The number of aromatic nitrogens is 1. The SMILES string of the molecule is COCCN(C(C)C1CC1)S(=O)(=O)c1ccc(CO)cn1. The maximum absolute atomic E-state index is 12.8. The summed E-state index contributed by atoms with van der Waals surface area (Å²) < 4.78 is 32.0. The largest absolute Gasteiger partial charge is 0.392 e. The molecule has 1 aromatic rings. The zero-order chi connectivity index (χ0) is 15.5. The molecule has 6 nitrogen and oxygen atoms in total. The van der Waals surface area contributed by atoms with E-state index < -0.39 is 10.0 Å². The quantitative estimate of drug-likeness (QED) is 0.774. The highest BCUT2D eigenvalue weighted by atomic mass is 32.2. The normalized spacial score (nSPS) is 17.1. The third-order valence-electron chi connectivity index (χ3n) is 3.83. The van der Waals surface area contributed by atoms with Gasteiger partial charge in [-0.2, -0.15) is 4.31 Å². The molecule has 1 N–H and O–H groups in total. The van der Waals surface area contributed by atoms with Crippen LogP contribution >= 0.6 is 0 Å². The molecule has 0 aromatic carbocycles. The van der Waals surface area contributed by atoms with Crippen LogP contribution in [-0.4, -0.2) is 49.1 Å². The second-order valence-corrected chi connectivity index (χ2v) is 7.19. The van der Waals surface area contributed by atoms with Gasteiger partial charge in [-0.3, -0.25) is 0 Å². The predicted molar refractivity (Wildman–Crippen MR) is 78.1 cm³/mol. The Labute approximate surface area is 125 Å². The number of aliphatic hydroxyl groups excluding tert-OH is 1. The summed E-state index contributed by atoms with van der Waals surface area (Å²) in [6.07, 6.45) is 3.53. The highest BCUT2D eigenvalue weighted by Gasteiger charge is 2.38. The molecule has 1 saturated carbocycles. The van der Waals surface area contributed by atoms with Crippen molar-refractivity contribution in [2.75, 3.05) is 20.3 Å². The molecule has 118 valence electrons. The zero-order valence-corrected chi connectivity index (χ0v) is 13.2. The molecule has 1 aliphatic carbocycles. The number of sulfonamides is 1. The van der Waals surface area contributed by atoms with Gasteiger partial charge in [0, 0.05) is 25.9 Å². The molecule has 0 radical (unpaired) electrons. The second kappa shape index (κ2) is 6.83. The highest BCUT2D eigenvalue weighted by Crippen LogP contribution is 2.36. The molecule has 1 fully saturated rings. The minimum Gasteiger partial charge on any atom is -0.392 e. The van der Waals surface area contributed by atoms with Crippen LogP contribution in [0.15, 0.2) is 23.4 Å². The number of nitrogens with zero attached hydrogens (tertiary/aromatic N) is 2. The van der Waals surface area contributed by atoms with Crippen LogP contribution in [0.1, 0.15) is 25.3 Å². The van der Waals surface area contributed by atoms with Crippen LogP contribution in [0, 0.1) is 5.92 Å². The molecule has 1 heterocycles. The third-order valence-corrected chi connectivity index (χ3v) is 5.73. The van der Waals surface area contributed by atoms with Crippen molar-refractivity contribution in [3.8, 4) is 0 Å². The van der Waals surface area contributed by atoms with Gasteiger partial charge >= 0.3 is 0 Å². The molecular formula is C14H22N2O4S. The van der Waals surface area contributed by atoms with Crippen LogP contribution in [0.25, 0.3) is 0 Å². The maximum Gasteiger partial charge on any atom is 0.260 e. The van der Waals surface area contributed by atoms with Crippen LogP contribution in [0.2, 0.25) is 0 Å². The van der Waals surface area contributed by atoms with Crippen LogP contribution < -0.4 is 0 Å². The molecule has 21 heavy (non-hydrogen) atoms. The van der Waals surface area contributed by atoms with Gasteiger partial charge < -0.3 is 9.84 Å². The van der Waals surface area contributed by atoms with Crippen molar-refractivity contribution in [3.05, 3.63) is 23.9 Å². The van der Waals surface area contributed by atoms with Crippen LogP contribution in [0.4, 0.5) is 0 Å². The number of rotatable bonds is 8. The van der Waals surface area contributed by atoms with Crippen molar-refractivity contribution < 1.29 is 18.3 Å². The van der Waals surface area contributed by atoms with Gasteiger partial charge in [-0.1, -0.05) is 6.07 Å². The average molecular weight is 314 g/mol. The van der Waals surface area contributed by atoms with E-state index in [4.69, 9.17) is 9.84 Å². The van der Waals surface area contributed by atoms with E-state index in [0.717, 1.165) is 12.8 Å². The lowest BCUT2D eigenvalue weighted by atomic mass is 10.2. The van der Waals surface area contributed by atoms with E-state index in [1.807, 2.05) is 6.92 Å². The first-order valence-electron chi connectivity index (χ1n) is 7.07. The summed E-state index contributed by atoms with van der Waals surface area (Å²) in [4.78, 5) is 3.98. The van der Waals surface area contributed by atoms with Crippen LogP contribution in [0.5, 0.6) is 0 Å². The summed E-state index contributed by atoms with van der Waals surface area (Å²) in [5.74, 6) is 0.424. The van der Waals surface area contributed by atoms with Crippen molar-refractivity contribution in [2.24, 2.45) is 5.92 Å². The van der Waals surface area contributed by atoms with Gasteiger partial charge in [0.05, 0.1) is 13.2 Å². The number of hydrogen-bond donors (Lipinski definition) is 1. The molecule has 1 atom stereocenters. The van der Waals surface area contributed by atoms with Gasteiger partial charge in [-0.25, -0.2) is 13.4 Å². The Bertz CT molecular complexity index is 555. The fourth-order valence-corrected chi connectivity index (χ4v) is 3.91. The number of aliphatic hydroxyl groups is 1. The molecule has 1 aromatic heterocycles. The van der Waals surface area contributed by atoms with Crippen molar-refractivity contribution in [1.82, 2.24) is 9.29 Å². The summed E-state index contributed by atoms with van der Waals surface area (Å²) in [5.41, 5.74) is 0.590. The fraction of sp³-hybridized carbons (Fsp3) is 0.643. The Hall–Kier alpha value is -1.02. The first-order chi connectivity index (χ1) is 10.0. The molecule has 0 aliphatic heterocycles. The zero-order valence-electron chi connectivity index (χ0n) is 12.4. The predicted octanol–water partition coefficient (Wildman–Crippen LogP) is 1.01. The van der Waals surface area contributed by atoms with Crippen molar-refractivity contribution >= 4 is 10.0 Å². The van der Waals surface area contributed by atoms with Gasteiger partial charge in [0.25, 0.3) is 10.0 Å². The van der Waals surface area contributed by atoms with Gasteiger partial charge in [-0.05, 0) is 37.3 Å². The Morgan fingerprint density at radius 2 is 2.19 bits per heavy atom. The Morgan fingerprint density at radius 3 is 2.67 bits per heavy atom. The molecule has 0 spiro atoms. The maximum atomic E-state index is 12.8. The summed E-state index contributed by atoms with van der Waals surface area (Å²) in [7, 11) is -2.09. The molecule has 1 aliphatic rings. The fourth-order valence-electron chi connectivity index (χ4n) is 2.31. The number of hydrogen-bond acceptors (Lipinski definition) is 5. The van der Waals surface area contributed by atoms with E-state index in [2.05, 4.69) is 4.98 Å². The van der Waals surface area contributed by atoms with Crippen molar-refractivity contribution in [1.29, 1.82) is 0 Å². The third kappa shape index (κ3) is 3.79. The van der Waals surface area contributed by atoms with Gasteiger partial charge in [0.15, 0.2) is 5.03 Å². The molecule has 0 amide bonds. The lowest BCUT2D eigenvalue weighted by Crippen LogP contribution is -2.42. The summed E-state index contributed by atoms with van der Waals surface area (Å²) in [6, 6.07) is 2.97. The average Bonchev–Trinajstić information content (AvgIpc) is 3.32. The number of pyridine rings is 1. The van der Waals surface area contributed by atoms with Gasteiger partial charge in [-0.15, -0.1) is 0 Å². The summed E-state index contributed by atoms with van der Waals surface area (Å²) >= 11 is 0. The Morgan fingerprint density at radius 1 is 1.48 bits per heavy atom. The highest BCUT2D eigenvalue weighted by molar-refractivity contribution is 7.89. The van der Waals surface area contributed by atoms with E-state index in [0.29, 0.717) is 24.6 Å². The van der Waals surface area contributed by atoms with Gasteiger partial charge in [0.1, 0.15) is 0 Å². The number of ether oxygens (including phenoxy) is 1. The van der Waals surface area contributed by atoms with Crippen molar-refractivity contribution in [3.63, 3.8) is 0 Å². The van der Waals surface area contributed by atoms with Crippen LogP contribution in [-0.2, 0) is 21.4 Å². The Kier molecular flexibility index (Phi) is 5.32.